The van der Waals surface area contributed by atoms with Gasteiger partial charge in [-0.15, -0.1) is 0 Å². The Kier molecular flexibility index (Phi) is 5.76. The first kappa shape index (κ1) is 22.5. The molecule has 6 rings (SSSR count). The van der Waals surface area contributed by atoms with Gasteiger partial charge in [0.2, 0.25) is 5.95 Å². The maximum Gasteiger partial charge on any atom is 0.325 e. The quantitative estimate of drug-likeness (QED) is 0.702. The Bertz CT molecular complexity index is 1080. The molecule has 1 unspecified atom stereocenters. The Morgan fingerprint density at radius 3 is 2.57 bits per heavy atom. The van der Waals surface area contributed by atoms with Crippen molar-refractivity contribution in [2.75, 3.05) is 61.9 Å². The fourth-order valence-electron chi connectivity index (χ4n) is 6.01. The van der Waals surface area contributed by atoms with Gasteiger partial charge in [0.15, 0.2) is 0 Å². The van der Waals surface area contributed by atoms with E-state index < -0.39 is 0 Å². The number of nitrogens with zero attached hydrogens (tertiary/aromatic N) is 6. The third-order valence-corrected chi connectivity index (χ3v) is 8.38. The number of carbonyl (C=O) groups excluding carboxylic acids is 1. The number of piperidine rings is 1. The van der Waals surface area contributed by atoms with E-state index in [0.717, 1.165) is 56.8 Å². The number of piperazine rings is 1. The first-order valence-corrected chi connectivity index (χ1v) is 13.0. The number of carbonyl (C=O) groups is 1. The van der Waals surface area contributed by atoms with Gasteiger partial charge in [-0.05, 0) is 70.0 Å². The normalized spacial score (nSPS) is 24.3. The fraction of sp³-hybridized carbons (Fsp3) is 0.577. The molecule has 3 fully saturated rings. The third kappa shape index (κ3) is 4.31. The topological polar surface area (TPSA) is 79.9 Å². The van der Waals surface area contributed by atoms with Crippen LogP contribution in [0.25, 0.3) is 0 Å². The lowest BCUT2D eigenvalue weighted by Gasteiger charge is -2.51. The van der Waals surface area contributed by atoms with Crippen LogP contribution in [0.1, 0.15) is 37.7 Å². The van der Waals surface area contributed by atoms with Gasteiger partial charge in [-0.3, -0.25) is 4.90 Å². The summed E-state index contributed by atoms with van der Waals surface area (Å²) in [6, 6.07) is 8.75. The standard InChI is InChI=1S/C26H36N8O/c1-31-12-14-33(15-13-31)21-6-4-20(5-7-21)29-24-27-17-19-18-34(25(35)32(2)23(19)30-24)22-8-11-28-26(16-22)9-3-10-26/h4-7,17,22,28H,3,8-16,18H2,1-2H3,(H,27,29,30). The summed E-state index contributed by atoms with van der Waals surface area (Å²) in [5.74, 6) is 1.21. The summed E-state index contributed by atoms with van der Waals surface area (Å²) >= 11 is 0. The van der Waals surface area contributed by atoms with E-state index in [1.165, 1.54) is 24.9 Å². The molecule has 9 heteroatoms. The number of anilines is 4. The SMILES string of the molecule is CN1CCN(c2ccc(Nc3ncc4c(n3)N(C)C(=O)N(C3CCNC5(CCC5)C3)C4)cc2)CC1. The second kappa shape index (κ2) is 8.95. The highest BCUT2D eigenvalue weighted by atomic mass is 16.2. The molecule has 2 aromatic rings. The van der Waals surface area contributed by atoms with Gasteiger partial charge in [0.25, 0.3) is 0 Å². The molecule has 1 atom stereocenters. The monoisotopic (exact) mass is 476 g/mol. The minimum absolute atomic E-state index is 0.0417. The summed E-state index contributed by atoms with van der Waals surface area (Å²) in [6.45, 7) is 5.84. The second-order valence-corrected chi connectivity index (χ2v) is 10.7. The highest BCUT2D eigenvalue weighted by Crippen LogP contribution is 2.41. The molecule has 2 amide bonds. The maximum absolute atomic E-state index is 13.3. The van der Waals surface area contributed by atoms with Crippen LogP contribution in [-0.2, 0) is 6.54 Å². The van der Waals surface area contributed by atoms with Crippen LogP contribution in [0, 0.1) is 0 Å². The third-order valence-electron chi connectivity index (χ3n) is 8.38. The number of rotatable bonds is 4. The lowest BCUT2D eigenvalue weighted by atomic mass is 9.70. The van der Waals surface area contributed by atoms with E-state index in [2.05, 4.69) is 56.7 Å². The van der Waals surface area contributed by atoms with Crippen molar-refractivity contribution in [2.24, 2.45) is 0 Å². The van der Waals surface area contributed by atoms with Crippen LogP contribution in [0.2, 0.25) is 0 Å². The average molecular weight is 477 g/mol. The number of hydrogen-bond donors (Lipinski definition) is 2. The smallest absolute Gasteiger partial charge is 0.325 e. The van der Waals surface area contributed by atoms with E-state index in [9.17, 15) is 4.79 Å². The Labute approximate surface area is 207 Å². The predicted octanol–water partition coefficient (Wildman–Crippen LogP) is 3.02. The van der Waals surface area contributed by atoms with Gasteiger partial charge in [-0.2, -0.15) is 4.98 Å². The van der Waals surface area contributed by atoms with Crippen molar-refractivity contribution in [1.29, 1.82) is 0 Å². The lowest BCUT2D eigenvalue weighted by Crippen LogP contribution is -2.62. The minimum atomic E-state index is 0.0417. The van der Waals surface area contributed by atoms with Crippen molar-refractivity contribution in [3.05, 3.63) is 36.0 Å². The molecule has 1 aromatic carbocycles. The number of fused-ring (bicyclic) bond motifs is 1. The van der Waals surface area contributed by atoms with Crippen molar-refractivity contribution < 1.29 is 4.79 Å². The van der Waals surface area contributed by atoms with Crippen molar-refractivity contribution in [3.63, 3.8) is 0 Å². The van der Waals surface area contributed by atoms with Crippen LogP contribution in [-0.4, -0.2) is 84.2 Å². The van der Waals surface area contributed by atoms with Crippen molar-refractivity contribution in [1.82, 2.24) is 25.1 Å². The second-order valence-electron chi connectivity index (χ2n) is 10.7. The summed E-state index contributed by atoms with van der Waals surface area (Å²) in [6.07, 6.45) is 7.67. The van der Waals surface area contributed by atoms with E-state index in [1.54, 1.807) is 4.90 Å². The average Bonchev–Trinajstić information content (AvgIpc) is 2.86. The molecule has 1 spiro atoms. The molecule has 0 bridgehead atoms. The molecular weight excluding hydrogens is 440 g/mol. The maximum atomic E-state index is 13.3. The van der Waals surface area contributed by atoms with Crippen molar-refractivity contribution in [3.8, 4) is 0 Å². The highest BCUT2D eigenvalue weighted by molar-refractivity contribution is 5.93. The molecular formula is C26H36N8O. The van der Waals surface area contributed by atoms with Gasteiger partial charge in [0.05, 0.1) is 6.54 Å². The van der Waals surface area contributed by atoms with Gasteiger partial charge >= 0.3 is 6.03 Å². The first-order chi connectivity index (χ1) is 17.0. The lowest BCUT2D eigenvalue weighted by molar-refractivity contribution is 0.0725. The molecule has 0 radical (unpaired) electrons. The van der Waals surface area contributed by atoms with Gasteiger partial charge in [0, 0.05) is 67.9 Å². The fourth-order valence-corrected chi connectivity index (χ4v) is 6.01. The van der Waals surface area contributed by atoms with Crippen LogP contribution in [0.15, 0.2) is 30.5 Å². The molecule has 4 heterocycles. The Balaban J connectivity index is 1.14. The predicted molar refractivity (Wildman–Crippen MR) is 138 cm³/mol. The number of likely N-dealkylation sites (N-methyl/N-ethyl adjacent to an activating group) is 1. The van der Waals surface area contributed by atoms with Gasteiger partial charge in [-0.25, -0.2) is 9.78 Å². The zero-order chi connectivity index (χ0) is 24.0. The number of hydrogen-bond acceptors (Lipinski definition) is 7. The summed E-state index contributed by atoms with van der Waals surface area (Å²) in [5, 5.41) is 7.03. The number of nitrogens with one attached hydrogen (secondary N) is 2. The number of amides is 2. The number of urea groups is 1. The van der Waals surface area contributed by atoms with E-state index >= 15 is 0 Å². The van der Waals surface area contributed by atoms with Crippen LogP contribution in [0.4, 0.5) is 27.9 Å². The van der Waals surface area contributed by atoms with E-state index in [0.29, 0.717) is 18.3 Å². The van der Waals surface area contributed by atoms with Crippen molar-refractivity contribution in [2.45, 2.75) is 50.2 Å². The summed E-state index contributed by atoms with van der Waals surface area (Å²) in [7, 11) is 4.00. The molecule has 4 aliphatic rings. The van der Waals surface area contributed by atoms with Gasteiger partial charge < -0.3 is 25.3 Å². The molecule has 9 nitrogen and oxygen atoms in total. The molecule has 1 aliphatic carbocycles. The summed E-state index contributed by atoms with van der Waals surface area (Å²) in [5.41, 5.74) is 3.44. The van der Waals surface area contributed by atoms with Crippen LogP contribution in [0.5, 0.6) is 0 Å². The largest absolute Gasteiger partial charge is 0.369 e. The molecule has 1 aromatic heterocycles. The Morgan fingerprint density at radius 1 is 1.09 bits per heavy atom. The zero-order valence-corrected chi connectivity index (χ0v) is 20.8. The molecule has 3 aliphatic heterocycles. The summed E-state index contributed by atoms with van der Waals surface area (Å²) in [4.78, 5) is 31.1. The van der Waals surface area contributed by atoms with E-state index in [-0.39, 0.29) is 17.6 Å². The Morgan fingerprint density at radius 2 is 1.86 bits per heavy atom. The zero-order valence-electron chi connectivity index (χ0n) is 20.8. The molecule has 1 saturated carbocycles. The van der Waals surface area contributed by atoms with Crippen LogP contribution in [0.3, 0.4) is 0 Å². The van der Waals surface area contributed by atoms with Gasteiger partial charge in [-0.1, -0.05) is 0 Å². The van der Waals surface area contributed by atoms with E-state index in [1.807, 2.05) is 18.1 Å². The first-order valence-electron chi connectivity index (χ1n) is 13.0. The van der Waals surface area contributed by atoms with E-state index in [4.69, 9.17) is 4.98 Å². The highest BCUT2D eigenvalue weighted by Gasteiger charge is 2.44. The number of benzene rings is 1. The van der Waals surface area contributed by atoms with Crippen molar-refractivity contribution >= 4 is 29.2 Å². The Hall–Kier alpha value is -2.91. The molecule has 2 saturated heterocycles. The molecule has 186 valence electrons. The number of aromatic nitrogens is 2. The van der Waals surface area contributed by atoms with Crippen LogP contribution >= 0.6 is 0 Å². The minimum Gasteiger partial charge on any atom is -0.369 e. The summed E-state index contributed by atoms with van der Waals surface area (Å²) < 4.78 is 0. The molecule has 35 heavy (non-hydrogen) atoms. The molecule has 2 N–H and O–H groups in total. The van der Waals surface area contributed by atoms with Gasteiger partial charge in [0.1, 0.15) is 5.82 Å². The van der Waals surface area contributed by atoms with Crippen LogP contribution < -0.4 is 20.4 Å².